The highest BCUT2D eigenvalue weighted by molar-refractivity contribution is 7.92. The number of rotatable bonds is 8. The first-order valence-electron chi connectivity index (χ1n) is 9.74. The molecule has 7 nitrogen and oxygen atoms in total. The predicted molar refractivity (Wildman–Crippen MR) is 126 cm³/mol. The van der Waals surface area contributed by atoms with Crippen molar-refractivity contribution in [1.29, 1.82) is 0 Å². The summed E-state index contributed by atoms with van der Waals surface area (Å²) in [6.45, 7) is 4.21. The molecule has 168 valence electrons. The summed E-state index contributed by atoms with van der Waals surface area (Å²) in [6.07, 6.45) is 0. The standard InChI is InChI=1S/C23H23ClN2O5S/c1-4-31-18-9-7-17(8-10-18)26-32(28,29)19-11-5-16(6-12-19)23(27)25-21-13-15(2)20(24)14-22(21)30-3/h5-14,26H,4H2,1-3H3,(H,25,27). The smallest absolute Gasteiger partial charge is 0.261 e. The van der Waals surface area contributed by atoms with E-state index in [1.807, 2.05) is 13.8 Å². The molecule has 9 heteroatoms. The van der Waals surface area contributed by atoms with E-state index < -0.39 is 15.9 Å². The molecule has 0 heterocycles. The number of hydrogen-bond acceptors (Lipinski definition) is 5. The van der Waals surface area contributed by atoms with E-state index in [9.17, 15) is 13.2 Å². The summed E-state index contributed by atoms with van der Waals surface area (Å²) in [4.78, 5) is 12.7. The summed E-state index contributed by atoms with van der Waals surface area (Å²) in [6, 6.07) is 15.6. The number of hydrogen-bond donors (Lipinski definition) is 2. The van der Waals surface area contributed by atoms with E-state index in [0.717, 1.165) is 5.56 Å². The second kappa shape index (κ2) is 9.93. The van der Waals surface area contributed by atoms with Crippen molar-refractivity contribution in [2.24, 2.45) is 0 Å². The summed E-state index contributed by atoms with van der Waals surface area (Å²) >= 11 is 6.10. The van der Waals surface area contributed by atoms with Gasteiger partial charge in [0.2, 0.25) is 0 Å². The molecule has 1 amide bonds. The van der Waals surface area contributed by atoms with Crippen LogP contribution < -0.4 is 19.5 Å². The van der Waals surface area contributed by atoms with Crippen molar-refractivity contribution in [2.75, 3.05) is 23.8 Å². The number of anilines is 2. The molecule has 0 fully saturated rings. The van der Waals surface area contributed by atoms with Crippen molar-refractivity contribution < 1.29 is 22.7 Å². The summed E-state index contributed by atoms with van der Waals surface area (Å²) < 4.78 is 38.5. The van der Waals surface area contributed by atoms with Gasteiger partial charge in [-0.25, -0.2) is 8.42 Å². The topological polar surface area (TPSA) is 93.7 Å². The van der Waals surface area contributed by atoms with Crippen LogP contribution in [-0.4, -0.2) is 28.0 Å². The van der Waals surface area contributed by atoms with Gasteiger partial charge in [0.25, 0.3) is 15.9 Å². The zero-order valence-corrected chi connectivity index (χ0v) is 19.4. The molecule has 0 bridgehead atoms. The highest BCUT2D eigenvalue weighted by atomic mass is 35.5. The fourth-order valence-corrected chi connectivity index (χ4v) is 4.12. The molecule has 32 heavy (non-hydrogen) atoms. The Morgan fingerprint density at radius 3 is 2.28 bits per heavy atom. The number of benzene rings is 3. The Hall–Kier alpha value is -3.23. The third kappa shape index (κ3) is 5.52. The Labute approximate surface area is 192 Å². The molecule has 2 N–H and O–H groups in total. The normalized spacial score (nSPS) is 11.0. The Morgan fingerprint density at radius 1 is 1.03 bits per heavy atom. The second-order valence-electron chi connectivity index (χ2n) is 6.84. The lowest BCUT2D eigenvalue weighted by Crippen LogP contribution is -2.15. The fourth-order valence-electron chi connectivity index (χ4n) is 2.91. The molecule has 0 atom stereocenters. The maximum absolute atomic E-state index is 12.7. The van der Waals surface area contributed by atoms with E-state index in [1.165, 1.54) is 31.4 Å². The number of carbonyl (C=O) groups excluding carboxylic acids is 1. The molecule has 0 unspecified atom stereocenters. The van der Waals surface area contributed by atoms with E-state index in [0.29, 0.717) is 40.1 Å². The van der Waals surface area contributed by atoms with Crippen LogP contribution in [0.2, 0.25) is 5.02 Å². The highest BCUT2D eigenvalue weighted by Crippen LogP contribution is 2.31. The van der Waals surface area contributed by atoms with Gasteiger partial charge in [0.15, 0.2) is 0 Å². The third-order valence-electron chi connectivity index (χ3n) is 4.57. The van der Waals surface area contributed by atoms with Crippen molar-refractivity contribution in [2.45, 2.75) is 18.7 Å². The summed E-state index contributed by atoms with van der Waals surface area (Å²) in [5.41, 5.74) is 1.94. The van der Waals surface area contributed by atoms with Crippen molar-refractivity contribution in [1.82, 2.24) is 0 Å². The van der Waals surface area contributed by atoms with Crippen LogP contribution in [0.25, 0.3) is 0 Å². The first-order valence-corrected chi connectivity index (χ1v) is 11.6. The monoisotopic (exact) mass is 474 g/mol. The van der Waals surface area contributed by atoms with Crippen LogP contribution in [0.5, 0.6) is 11.5 Å². The number of amides is 1. The van der Waals surface area contributed by atoms with E-state index in [2.05, 4.69) is 10.0 Å². The van der Waals surface area contributed by atoms with E-state index in [1.54, 1.807) is 36.4 Å². The number of nitrogens with one attached hydrogen (secondary N) is 2. The minimum Gasteiger partial charge on any atom is -0.495 e. The first-order chi connectivity index (χ1) is 15.2. The van der Waals surface area contributed by atoms with Crippen LogP contribution in [-0.2, 0) is 10.0 Å². The molecular weight excluding hydrogens is 452 g/mol. The maximum Gasteiger partial charge on any atom is 0.261 e. The Morgan fingerprint density at radius 2 is 1.69 bits per heavy atom. The molecule has 0 saturated carbocycles. The van der Waals surface area contributed by atoms with E-state index in [4.69, 9.17) is 21.1 Å². The molecular formula is C23H23ClN2O5S. The molecule has 3 rings (SSSR count). The summed E-state index contributed by atoms with van der Waals surface area (Å²) in [5.74, 6) is 0.666. The van der Waals surface area contributed by atoms with Crippen LogP contribution in [0.1, 0.15) is 22.8 Å². The molecule has 0 saturated heterocycles. The molecule has 3 aromatic carbocycles. The third-order valence-corrected chi connectivity index (χ3v) is 6.38. The molecule has 0 aliphatic rings. The van der Waals surface area contributed by atoms with Gasteiger partial charge in [-0.1, -0.05) is 11.6 Å². The molecule has 3 aromatic rings. The zero-order valence-electron chi connectivity index (χ0n) is 17.8. The maximum atomic E-state index is 12.7. The van der Waals surface area contributed by atoms with Gasteiger partial charge < -0.3 is 14.8 Å². The SMILES string of the molecule is CCOc1ccc(NS(=O)(=O)c2ccc(C(=O)Nc3cc(C)c(Cl)cc3OC)cc2)cc1. The van der Waals surface area contributed by atoms with Gasteiger partial charge in [-0.2, -0.15) is 0 Å². The van der Waals surface area contributed by atoms with Gasteiger partial charge in [-0.15, -0.1) is 0 Å². The summed E-state index contributed by atoms with van der Waals surface area (Å²) in [5, 5.41) is 3.28. The number of methoxy groups -OCH3 is 1. The van der Waals surface area contributed by atoms with Gasteiger partial charge in [-0.05, 0) is 74.0 Å². The fraction of sp³-hybridized carbons (Fsp3) is 0.174. The Kier molecular flexibility index (Phi) is 7.27. The van der Waals surface area contributed by atoms with Crippen LogP contribution in [0.15, 0.2) is 65.6 Å². The molecule has 0 aliphatic carbocycles. The summed E-state index contributed by atoms with van der Waals surface area (Å²) in [7, 11) is -2.34. The van der Waals surface area contributed by atoms with Gasteiger partial charge >= 0.3 is 0 Å². The highest BCUT2D eigenvalue weighted by Gasteiger charge is 2.16. The quantitative estimate of drug-likeness (QED) is 0.473. The van der Waals surface area contributed by atoms with Crippen molar-refractivity contribution in [3.8, 4) is 11.5 Å². The zero-order chi connectivity index (χ0) is 23.3. The van der Waals surface area contributed by atoms with Crippen LogP contribution >= 0.6 is 11.6 Å². The molecule has 0 radical (unpaired) electrons. The van der Waals surface area contributed by atoms with E-state index in [-0.39, 0.29) is 4.90 Å². The van der Waals surface area contributed by atoms with E-state index >= 15 is 0 Å². The largest absolute Gasteiger partial charge is 0.495 e. The second-order valence-corrected chi connectivity index (χ2v) is 8.93. The average molecular weight is 475 g/mol. The van der Waals surface area contributed by atoms with Gasteiger partial charge in [0.1, 0.15) is 11.5 Å². The van der Waals surface area contributed by atoms with Gasteiger partial charge in [0, 0.05) is 22.3 Å². The van der Waals surface area contributed by atoms with Crippen LogP contribution in [0.4, 0.5) is 11.4 Å². The van der Waals surface area contributed by atoms with Crippen molar-refractivity contribution in [3.63, 3.8) is 0 Å². The number of halogens is 1. The lowest BCUT2D eigenvalue weighted by molar-refractivity contribution is 0.102. The number of sulfonamides is 1. The number of carbonyl (C=O) groups is 1. The predicted octanol–water partition coefficient (Wildman–Crippen LogP) is 5.11. The van der Waals surface area contributed by atoms with Crippen molar-refractivity contribution in [3.05, 3.63) is 76.8 Å². The Balaban J connectivity index is 1.74. The minimum absolute atomic E-state index is 0.0304. The van der Waals surface area contributed by atoms with Crippen LogP contribution in [0.3, 0.4) is 0 Å². The lowest BCUT2D eigenvalue weighted by atomic mass is 10.1. The molecule has 0 aliphatic heterocycles. The van der Waals surface area contributed by atoms with Crippen molar-refractivity contribution >= 4 is 38.9 Å². The van der Waals surface area contributed by atoms with Gasteiger partial charge in [-0.3, -0.25) is 9.52 Å². The first kappa shape index (κ1) is 23.4. The minimum atomic E-state index is -3.82. The van der Waals surface area contributed by atoms with Crippen LogP contribution in [0, 0.1) is 6.92 Å². The average Bonchev–Trinajstić information content (AvgIpc) is 2.77. The Bertz CT molecular complexity index is 1210. The molecule has 0 aromatic heterocycles. The number of ether oxygens (including phenoxy) is 2. The lowest BCUT2D eigenvalue weighted by Gasteiger charge is -2.13. The molecule has 0 spiro atoms. The number of aryl methyl sites for hydroxylation is 1. The van der Waals surface area contributed by atoms with Gasteiger partial charge in [0.05, 0.1) is 24.3 Å².